The molecule has 0 saturated heterocycles. The van der Waals surface area contributed by atoms with E-state index in [0.717, 1.165) is 16.9 Å². The van der Waals surface area contributed by atoms with E-state index >= 15 is 0 Å². The van der Waals surface area contributed by atoms with Gasteiger partial charge in [-0.1, -0.05) is 31.2 Å². The van der Waals surface area contributed by atoms with E-state index in [1.807, 2.05) is 45.2 Å². The molecule has 0 radical (unpaired) electrons. The molecule has 4 nitrogen and oxygen atoms in total. The van der Waals surface area contributed by atoms with Gasteiger partial charge in [0.2, 0.25) is 5.91 Å². The highest BCUT2D eigenvalue weighted by Gasteiger charge is 2.15. The quantitative estimate of drug-likeness (QED) is 0.731. The number of hydrogen-bond donors (Lipinski definition) is 2. The minimum absolute atomic E-state index is 0. The lowest BCUT2D eigenvalue weighted by atomic mass is 10.1. The zero-order valence-corrected chi connectivity index (χ0v) is 16.1. The molecule has 0 saturated carbocycles. The van der Waals surface area contributed by atoms with Crippen LogP contribution in [0.1, 0.15) is 31.0 Å². The number of hydrogen-bond acceptors (Lipinski definition) is 3. The second kappa shape index (κ2) is 10.8. The molecule has 2 aromatic rings. The average molecular weight is 381 g/mol. The Bertz CT molecular complexity index is 677. The fraction of sp³-hybridized carbons (Fsp3) is 0.350. The highest BCUT2D eigenvalue weighted by atomic mass is 35.5. The predicted molar refractivity (Wildman–Crippen MR) is 104 cm³/mol. The van der Waals surface area contributed by atoms with Gasteiger partial charge in [0.05, 0.1) is 6.04 Å². The summed E-state index contributed by atoms with van der Waals surface area (Å²) in [6.07, 6.45) is 0. The average Bonchev–Trinajstić information content (AvgIpc) is 2.61. The Kier molecular flexibility index (Phi) is 9.10. The highest BCUT2D eigenvalue weighted by Crippen LogP contribution is 2.19. The van der Waals surface area contributed by atoms with Crippen molar-refractivity contribution in [1.82, 2.24) is 10.6 Å². The summed E-state index contributed by atoms with van der Waals surface area (Å²) in [5.41, 5.74) is 1.92. The zero-order valence-electron chi connectivity index (χ0n) is 15.3. The molecular weight excluding hydrogens is 355 g/mol. The van der Waals surface area contributed by atoms with Gasteiger partial charge in [-0.25, -0.2) is 4.39 Å². The van der Waals surface area contributed by atoms with E-state index in [0.29, 0.717) is 13.2 Å². The Morgan fingerprint density at radius 2 is 1.69 bits per heavy atom. The number of amides is 1. The van der Waals surface area contributed by atoms with Gasteiger partial charge in [0.1, 0.15) is 18.2 Å². The van der Waals surface area contributed by atoms with Gasteiger partial charge in [-0.3, -0.25) is 4.79 Å². The second-order valence-corrected chi connectivity index (χ2v) is 6.17. The monoisotopic (exact) mass is 380 g/mol. The van der Waals surface area contributed by atoms with Crippen LogP contribution in [-0.4, -0.2) is 19.5 Å². The molecule has 6 heteroatoms. The fourth-order valence-corrected chi connectivity index (χ4v) is 2.44. The Morgan fingerprint density at radius 1 is 1.08 bits per heavy atom. The maximum Gasteiger partial charge on any atom is 0.224 e. The number of carbonyl (C=O) groups excluding carboxylic acids is 1. The van der Waals surface area contributed by atoms with Crippen LogP contribution in [0.25, 0.3) is 0 Å². The number of benzene rings is 2. The minimum Gasteiger partial charge on any atom is -0.489 e. The molecule has 0 aliphatic heterocycles. The van der Waals surface area contributed by atoms with Crippen molar-refractivity contribution in [1.29, 1.82) is 0 Å². The molecule has 0 aromatic heterocycles. The molecule has 0 bridgehead atoms. The number of nitrogens with one attached hydrogen (secondary N) is 2. The van der Waals surface area contributed by atoms with Gasteiger partial charge in [0.15, 0.2) is 0 Å². The molecule has 0 aliphatic carbocycles. The van der Waals surface area contributed by atoms with Crippen LogP contribution in [0.15, 0.2) is 48.5 Å². The van der Waals surface area contributed by atoms with Gasteiger partial charge in [-0.2, -0.15) is 0 Å². The van der Waals surface area contributed by atoms with E-state index in [-0.39, 0.29) is 36.1 Å². The standard InChI is InChI=1S/C20H25FN2O2.ClH/c1-14(12-22-3)20(24)23-15(2)17-6-10-19(11-7-17)25-13-16-4-8-18(21)9-5-16;/h4-11,14-15,22H,12-13H2,1-3H3,(H,23,24);1H. The molecular formula is C20H26ClFN2O2. The first-order chi connectivity index (χ1) is 12.0. The summed E-state index contributed by atoms with van der Waals surface area (Å²) in [7, 11) is 1.83. The first-order valence-corrected chi connectivity index (χ1v) is 8.41. The molecule has 0 fully saturated rings. The lowest BCUT2D eigenvalue weighted by Crippen LogP contribution is -2.35. The normalized spacial score (nSPS) is 12.6. The smallest absolute Gasteiger partial charge is 0.224 e. The number of ether oxygens (including phenoxy) is 1. The van der Waals surface area contributed by atoms with E-state index in [4.69, 9.17) is 4.74 Å². The van der Waals surface area contributed by atoms with Crippen LogP contribution in [0.3, 0.4) is 0 Å². The summed E-state index contributed by atoms with van der Waals surface area (Å²) in [5, 5.41) is 6.01. The van der Waals surface area contributed by atoms with Crippen LogP contribution >= 0.6 is 12.4 Å². The van der Waals surface area contributed by atoms with Gasteiger partial charge in [0, 0.05) is 12.5 Å². The molecule has 2 atom stereocenters. The molecule has 142 valence electrons. The van der Waals surface area contributed by atoms with E-state index < -0.39 is 0 Å². The van der Waals surface area contributed by atoms with Crippen molar-refractivity contribution in [2.45, 2.75) is 26.5 Å². The van der Waals surface area contributed by atoms with E-state index in [1.165, 1.54) is 12.1 Å². The van der Waals surface area contributed by atoms with Crippen LogP contribution in [0.2, 0.25) is 0 Å². The summed E-state index contributed by atoms with van der Waals surface area (Å²) < 4.78 is 18.6. The Hall–Kier alpha value is -2.11. The summed E-state index contributed by atoms with van der Waals surface area (Å²) >= 11 is 0. The molecule has 2 N–H and O–H groups in total. The maximum atomic E-state index is 12.9. The summed E-state index contributed by atoms with van der Waals surface area (Å²) in [6, 6.07) is 13.8. The van der Waals surface area contributed by atoms with Gasteiger partial charge in [-0.15, -0.1) is 12.4 Å². The Morgan fingerprint density at radius 3 is 2.27 bits per heavy atom. The minimum atomic E-state index is -0.256. The molecule has 0 spiro atoms. The van der Waals surface area contributed by atoms with Gasteiger partial charge < -0.3 is 15.4 Å². The maximum absolute atomic E-state index is 12.9. The third-order valence-electron chi connectivity index (χ3n) is 4.02. The summed E-state index contributed by atoms with van der Waals surface area (Å²) in [5.74, 6) is 0.424. The lowest BCUT2D eigenvalue weighted by molar-refractivity contribution is -0.125. The van der Waals surface area contributed by atoms with E-state index in [2.05, 4.69) is 10.6 Å². The molecule has 26 heavy (non-hydrogen) atoms. The van der Waals surface area contributed by atoms with Crippen molar-refractivity contribution in [2.75, 3.05) is 13.6 Å². The van der Waals surface area contributed by atoms with Gasteiger partial charge in [0.25, 0.3) is 0 Å². The topological polar surface area (TPSA) is 50.4 Å². The third kappa shape index (κ3) is 6.65. The summed E-state index contributed by atoms with van der Waals surface area (Å²) in [6.45, 7) is 4.88. The first kappa shape index (κ1) is 21.9. The zero-order chi connectivity index (χ0) is 18.2. The van der Waals surface area contributed by atoms with Gasteiger partial charge in [-0.05, 0) is 49.4 Å². The van der Waals surface area contributed by atoms with Crippen LogP contribution in [0, 0.1) is 11.7 Å². The van der Waals surface area contributed by atoms with Crippen LogP contribution in [0.5, 0.6) is 5.75 Å². The predicted octanol–water partition coefficient (Wildman–Crippen LogP) is 3.86. The number of halogens is 2. The largest absolute Gasteiger partial charge is 0.489 e. The van der Waals surface area contributed by atoms with Crippen LogP contribution < -0.4 is 15.4 Å². The first-order valence-electron chi connectivity index (χ1n) is 8.41. The van der Waals surface area contributed by atoms with Crippen molar-refractivity contribution in [3.05, 3.63) is 65.5 Å². The van der Waals surface area contributed by atoms with E-state index in [9.17, 15) is 9.18 Å². The Labute approximate surface area is 160 Å². The van der Waals surface area contributed by atoms with Crippen molar-refractivity contribution in [3.63, 3.8) is 0 Å². The van der Waals surface area contributed by atoms with Gasteiger partial charge >= 0.3 is 0 Å². The van der Waals surface area contributed by atoms with Crippen LogP contribution in [-0.2, 0) is 11.4 Å². The fourth-order valence-electron chi connectivity index (χ4n) is 2.44. The van der Waals surface area contributed by atoms with Crippen LogP contribution in [0.4, 0.5) is 4.39 Å². The third-order valence-corrected chi connectivity index (χ3v) is 4.02. The molecule has 0 aliphatic rings. The number of carbonyl (C=O) groups is 1. The lowest BCUT2D eigenvalue weighted by Gasteiger charge is -2.18. The molecule has 2 aromatic carbocycles. The molecule has 0 heterocycles. The molecule has 2 rings (SSSR count). The SMILES string of the molecule is CNCC(C)C(=O)NC(C)c1ccc(OCc2ccc(F)cc2)cc1.Cl. The Balaban J connectivity index is 0.00000338. The second-order valence-electron chi connectivity index (χ2n) is 6.17. The van der Waals surface area contributed by atoms with Crippen molar-refractivity contribution >= 4 is 18.3 Å². The van der Waals surface area contributed by atoms with Crippen molar-refractivity contribution < 1.29 is 13.9 Å². The molecule has 1 amide bonds. The highest BCUT2D eigenvalue weighted by molar-refractivity contribution is 5.85. The number of rotatable bonds is 8. The summed E-state index contributed by atoms with van der Waals surface area (Å²) in [4.78, 5) is 12.1. The van der Waals surface area contributed by atoms with Crippen molar-refractivity contribution in [2.24, 2.45) is 5.92 Å². The van der Waals surface area contributed by atoms with E-state index in [1.54, 1.807) is 12.1 Å². The molecule has 2 unspecified atom stereocenters. The van der Waals surface area contributed by atoms with Crippen molar-refractivity contribution in [3.8, 4) is 5.75 Å².